The lowest BCUT2D eigenvalue weighted by atomic mass is 10.0. The monoisotopic (exact) mass is 1120 g/mol. The number of rotatable bonds is 62. The number of esters is 3. The van der Waals surface area contributed by atoms with Crippen LogP contribution in [-0.2, 0) is 28.6 Å². The van der Waals surface area contributed by atoms with E-state index in [-0.39, 0.29) is 31.1 Å². The van der Waals surface area contributed by atoms with Crippen molar-refractivity contribution in [3.8, 4) is 0 Å². The molecule has 0 saturated heterocycles. The van der Waals surface area contributed by atoms with E-state index in [9.17, 15) is 14.4 Å². The molecule has 0 aliphatic rings. The summed E-state index contributed by atoms with van der Waals surface area (Å²) in [7, 11) is 0. The van der Waals surface area contributed by atoms with Crippen LogP contribution in [0.3, 0.4) is 0 Å². The van der Waals surface area contributed by atoms with E-state index in [1.54, 1.807) is 0 Å². The Labute approximate surface area is 501 Å². The zero-order valence-electron chi connectivity index (χ0n) is 53.3. The van der Waals surface area contributed by atoms with Crippen LogP contribution in [0.25, 0.3) is 0 Å². The van der Waals surface area contributed by atoms with Crippen LogP contribution >= 0.6 is 0 Å². The molecule has 0 spiro atoms. The molecule has 464 valence electrons. The van der Waals surface area contributed by atoms with Crippen molar-refractivity contribution in [1.82, 2.24) is 0 Å². The van der Waals surface area contributed by atoms with Gasteiger partial charge in [-0.15, -0.1) is 0 Å². The summed E-state index contributed by atoms with van der Waals surface area (Å²) in [4.78, 5) is 38.5. The first-order chi connectivity index (χ1) is 40.0. The molecule has 0 saturated carbocycles. The molecule has 0 fully saturated rings. The zero-order chi connectivity index (χ0) is 58.5. The first kappa shape index (κ1) is 77.1. The Morgan fingerprint density at radius 1 is 0.259 bits per heavy atom. The Hall–Kier alpha value is -3.93. The fourth-order valence-corrected chi connectivity index (χ4v) is 9.59. The molecular formula is C75H128O6. The summed E-state index contributed by atoms with van der Waals surface area (Å²) in [5.41, 5.74) is 0. The lowest BCUT2D eigenvalue weighted by Crippen LogP contribution is -2.30. The van der Waals surface area contributed by atoms with Gasteiger partial charge in [0.05, 0.1) is 0 Å². The van der Waals surface area contributed by atoms with Crippen LogP contribution in [0, 0.1) is 0 Å². The molecule has 0 rings (SSSR count). The SMILES string of the molecule is CC/C=C\C/C=C\C/C=C\C/C=C\CCCCCCC(=O)OCC(COC(=O)CCCCCCCCCC/C=C\C/C=C\C/C=C\CCCCCCC)OC(=O)CCCCCCCCCCCCC/C=C\C/C=C\CCCCCCC. The Morgan fingerprint density at radius 3 is 0.753 bits per heavy atom. The summed E-state index contributed by atoms with van der Waals surface area (Å²) in [6, 6.07) is 0. The molecule has 0 aromatic carbocycles. The smallest absolute Gasteiger partial charge is 0.306 e. The van der Waals surface area contributed by atoms with Gasteiger partial charge in [-0.3, -0.25) is 14.4 Å². The van der Waals surface area contributed by atoms with Gasteiger partial charge in [0, 0.05) is 19.3 Å². The van der Waals surface area contributed by atoms with Gasteiger partial charge in [-0.05, 0) is 128 Å². The second-order valence-corrected chi connectivity index (χ2v) is 22.7. The molecule has 0 aliphatic carbocycles. The molecule has 6 heteroatoms. The van der Waals surface area contributed by atoms with Gasteiger partial charge in [0.15, 0.2) is 6.10 Å². The van der Waals surface area contributed by atoms with Crippen LogP contribution in [-0.4, -0.2) is 37.2 Å². The van der Waals surface area contributed by atoms with Crippen LogP contribution in [0.1, 0.15) is 329 Å². The first-order valence-electron chi connectivity index (χ1n) is 34.4. The van der Waals surface area contributed by atoms with E-state index in [1.807, 2.05) is 0 Å². The molecule has 0 bridgehead atoms. The molecule has 6 nitrogen and oxygen atoms in total. The van der Waals surface area contributed by atoms with E-state index in [0.717, 1.165) is 122 Å². The van der Waals surface area contributed by atoms with E-state index >= 15 is 0 Å². The number of hydrogen-bond acceptors (Lipinski definition) is 6. The molecule has 0 amide bonds. The predicted octanol–water partition coefficient (Wildman–Crippen LogP) is 23.8. The second kappa shape index (κ2) is 68.6. The highest BCUT2D eigenvalue weighted by Crippen LogP contribution is 2.16. The quantitative estimate of drug-likeness (QED) is 0.0261. The van der Waals surface area contributed by atoms with Crippen LogP contribution in [0.4, 0.5) is 0 Å². The number of carbonyl (C=O) groups is 3. The molecule has 0 heterocycles. The zero-order valence-corrected chi connectivity index (χ0v) is 53.3. The second-order valence-electron chi connectivity index (χ2n) is 22.7. The van der Waals surface area contributed by atoms with Crippen molar-refractivity contribution in [1.29, 1.82) is 0 Å². The summed E-state index contributed by atoms with van der Waals surface area (Å²) < 4.78 is 17.0. The predicted molar refractivity (Wildman–Crippen MR) is 353 cm³/mol. The van der Waals surface area contributed by atoms with Crippen molar-refractivity contribution in [2.75, 3.05) is 13.2 Å². The summed E-state index contributed by atoms with van der Waals surface area (Å²) in [5, 5.41) is 0. The number of ether oxygens (including phenoxy) is 3. The van der Waals surface area contributed by atoms with Gasteiger partial charge in [-0.2, -0.15) is 0 Å². The van der Waals surface area contributed by atoms with Crippen molar-refractivity contribution in [3.63, 3.8) is 0 Å². The summed E-state index contributed by atoms with van der Waals surface area (Å²) >= 11 is 0. The third-order valence-electron chi connectivity index (χ3n) is 14.7. The largest absolute Gasteiger partial charge is 0.462 e. The van der Waals surface area contributed by atoms with E-state index in [1.165, 1.54) is 167 Å². The minimum absolute atomic E-state index is 0.0910. The van der Waals surface area contributed by atoms with Crippen LogP contribution < -0.4 is 0 Å². The lowest BCUT2D eigenvalue weighted by molar-refractivity contribution is -0.167. The van der Waals surface area contributed by atoms with E-state index < -0.39 is 6.10 Å². The average molecular weight is 1130 g/mol. The molecule has 0 aromatic rings. The minimum atomic E-state index is -0.797. The van der Waals surface area contributed by atoms with Gasteiger partial charge in [0.1, 0.15) is 13.2 Å². The number of carbonyl (C=O) groups excluding carboxylic acids is 3. The number of hydrogen-bond donors (Lipinski definition) is 0. The van der Waals surface area contributed by atoms with Crippen LogP contribution in [0.2, 0.25) is 0 Å². The lowest BCUT2D eigenvalue weighted by Gasteiger charge is -2.18. The van der Waals surface area contributed by atoms with Crippen LogP contribution in [0.15, 0.2) is 109 Å². The topological polar surface area (TPSA) is 78.9 Å². The molecule has 0 aliphatic heterocycles. The molecular weight excluding hydrogens is 997 g/mol. The normalized spacial score (nSPS) is 12.8. The minimum Gasteiger partial charge on any atom is -0.462 e. The van der Waals surface area contributed by atoms with Gasteiger partial charge >= 0.3 is 17.9 Å². The van der Waals surface area contributed by atoms with Gasteiger partial charge in [0.2, 0.25) is 0 Å². The Bertz CT molecular complexity index is 1620. The third-order valence-corrected chi connectivity index (χ3v) is 14.7. The maximum absolute atomic E-state index is 13.0. The maximum Gasteiger partial charge on any atom is 0.306 e. The molecule has 1 atom stereocenters. The van der Waals surface area contributed by atoms with Gasteiger partial charge in [-0.1, -0.05) is 291 Å². The fraction of sp³-hybridized carbons (Fsp3) is 0.720. The van der Waals surface area contributed by atoms with Gasteiger partial charge in [0.25, 0.3) is 0 Å². The highest BCUT2D eigenvalue weighted by atomic mass is 16.6. The molecule has 0 aromatic heterocycles. The molecule has 0 radical (unpaired) electrons. The van der Waals surface area contributed by atoms with Gasteiger partial charge < -0.3 is 14.2 Å². The van der Waals surface area contributed by atoms with Crippen molar-refractivity contribution < 1.29 is 28.6 Å². The number of unbranched alkanes of at least 4 members (excludes halogenated alkanes) is 33. The van der Waals surface area contributed by atoms with E-state index in [4.69, 9.17) is 14.2 Å². The molecule has 81 heavy (non-hydrogen) atoms. The Balaban J connectivity index is 4.41. The summed E-state index contributed by atoms with van der Waals surface area (Å²) in [5.74, 6) is -0.913. The van der Waals surface area contributed by atoms with Crippen molar-refractivity contribution in [2.45, 2.75) is 335 Å². The maximum atomic E-state index is 13.0. The van der Waals surface area contributed by atoms with E-state index in [2.05, 4.69) is 130 Å². The van der Waals surface area contributed by atoms with E-state index in [0.29, 0.717) is 19.3 Å². The molecule has 0 N–H and O–H groups in total. The Morgan fingerprint density at radius 2 is 0.481 bits per heavy atom. The highest BCUT2D eigenvalue weighted by Gasteiger charge is 2.19. The van der Waals surface area contributed by atoms with Crippen molar-refractivity contribution in [2.24, 2.45) is 0 Å². The number of allylic oxidation sites excluding steroid dienone is 18. The Kier molecular flexibility index (Phi) is 65.2. The van der Waals surface area contributed by atoms with Crippen LogP contribution in [0.5, 0.6) is 0 Å². The van der Waals surface area contributed by atoms with Gasteiger partial charge in [-0.25, -0.2) is 0 Å². The first-order valence-corrected chi connectivity index (χ1v) is 34.4. The standard InChI is InChI=1S/C75H128O6/c1-4-7-10-13-16-19-22-25-28-31-33-35-37-39-41-44-47-50-53-56-59-62-65-68-74(77)80-71-72(70-79-73(76)67-64-61-58-55-52-49-46-43-30-27-24-21-18-15-12-9-6-3)81-75(78)69-66-63-60-57-54-51-48-45-42-40-38-36-34-32-29-26-23-20-17-14-11-8-5-2/h9,12,18,21-23,25-27,30-34,37,39,46,49,72H,4-8,10-11,13-17,19-20,24,28-29,35-36,38,40-45,47-48,50-71H2,1-3H3/b12-9-,21-18-,25-22-,26-23-,30-27-,33-31-,34-32-,39-37-,49-46-. The van der Waals surface area contributed by atoms with Crippen molar-refractivity contribution in [3.05, 3.63) is 109 Å². The highest BCUT2D eigenvalue weighted by molar-refractivity contribution is 5.71. The molecule has 1 unspecified atom stereocenters. The van der Waals surface area contributed by atoms with Crippen molar-refractivity contribution >= 4 is 17.9 Å². The average Bonchev–Trinajstić information content (AvgIpc) is 3.47. The third kappa shape index (κ3) is 66.8. The summed E-state index contributed by atoms with van der Waals surface area (Å²) in [6.45, 7) is 6.51. The fourth-order valence-electron chi connectivity index (χ4n) is 9.59. The summed E-state index contributed by atoms with van der Waals surface area (Å²) in [6.07, 6.45) is 93.8.